The summed E-state index contributed by atoms with van der Waals surface area (Å²) in [4.78, 5) is 15.3. The number of hydrogen-bond donors (Lipinski definition) is 0. The predicted molar refractivity (Wildman–Crippen MR) is 256 cm³/mol. The van der Waals surface area contributed by atoms with Gasteiger partial charge >= 0.3 is 0 Å². The first kappa shape index (κ1) is 35.5. The molecule has 0 fully saturated rings. The standard InChI is InChI=1S/C57H37N5/c1-5-15-38(16-6-1)43-28-33-52-49(35-43)50-36-44(39-17-7-2-8-18-39)29-34-53(50)61(52)46-30-25-40(26-31-46)45-27-32-48-47-23-13-14-24-51(47)62(54(48)37-45)57-59-55(41-19-9-3-10-20-41)58-56(60-57)42-21-11-4-12-22-42/h1-37H. The molecule has 0 bridgehead atoms. The van der Waals surface area contributed by atoms with Gasteiger partial charge in [0.05, 0.1) is 22.1 Å². The lowest BCUT2D eigenvalue weighted by molar-refractivity contribution is 0.953. The summed E-state index contributed by atoms with van der Waals surface area (Å²) in [5.74, 6) is 1.84. The molecule has 12 aromatic rings. The van der Waals surface area contributed by atoms with E-state index in [2.05, 4.69) is 173 Å². The third kappa shape index (κ3) is 6.06. The molecule has 0 unspecified atom stereocenters. The zero-order valence-electron chi connectivity index (χ0n) is 33.6. The van der Waals surface area contributed by atoms with Crippen molar-refractivity contribution in [3.63, 3.8) is 0 Å². The highest BCUT2D eigenvalue weighted by Gasteiger charge is 2.19. The Hall–Kier alpha value is -8.41. The first-order chi connectivity index (χ1) is 30.7. The highest BCUT2D eigenvalue weighted by Crippen LogP contribution is 2.39. The van der Waals surface area contributed by atoms with Crippen molar-refractivity contribution in [2.24, 2.45) is 0 Å². The highest BCUT2D eigenvalue weighted by atomic mass is 15.2. The molecule has 0 spiro atoms. The zero-order chi connectivity index (χ0) is 41.0. The Kier molecular flexibility index (Phi) is 8.42. The van der Waals surface area contributed by atoms with Gasteiger partial charge in [0, 0.05) is 38.4 Å². The van der Waals surface area contributed by atoms with Crippen LogP contribution < -0.4 is 0 Å². The zero-order valence-corrected chi connectivity index (χ0v) is 33.6. The lowest BCUT2D eigenvalue weighted by Crippen LogP contribution is -2.06. The van der Waals surface area contributed by atoms with E-state index in [-0.39, 0.29) is 0 Å². The second-order valence-corrected chi connectivity index (χ2v) is 15.7. The van der Waals surface area contributed by atoms with Crippen LogP contribution in [0.1, 0.15) is 0 Å². The smallest absolute Gasteiger partial charge is 0.238 e. The topological polar surface area (TPSA) is 48.5 Å². The Labute approximate surface area is 358 Å². The summed E-state index contributed by atoms with van der Waals surface area (Å²) in [5.41, 5.74) is 14.4. The molecular formula is C57H37N5. The van der Waals surface area contributed by atoms with E-state index < -0.39 is 0 Å². The largest absolute Gasteiger partial charge is 0.309 e. The van der Waals surface area contributed by atoms with Crippen LogP contribution in [0.25, 0.3) is 111 Å². The summed E-state index contributed by atoms with van der Waals surface area (Å²) in [7, 11) is 0. The van der Waals surface area contributed by atoms with Crippen LogP contribution in [0.15, 0.2) is 224 Å². The van der Waals surface area contributed by atoms with Crippen molar-refractivity contribution < 1.29 is 0 Å². The molecule has 3 heterocycles. The minimum Gasteiger partial charge on any atom is -0.309 e. The molecule has 3 aromatic heterocycles. The third-order valence-corrected chi connectivity index (χ3v) is 12.0. The normalized spacial score (nSPS) is 11.5. The summed E-state index contributed by atoms with van der Waals surface area (Å²) in [6.45, 7) is 0. The van der Waals surface area contributed by atoms with Gasteiger partial charge in [-0.25, -0.2) is 4.98 Å². The van der Waals surface area contributed by atoms with Crippen LogP contribution in [0, 0.1) is 0 Å². The number of nitrogens with zero attached hydrogens (tertiary/aromatic N) is 5. The third-order valence-electron chi connectivity index (χ3n) is 12.0. The summed E-state index contributed by atoms with van der Waals surface area (Å²) < 4.78 is 4.59. The molecule has 0 atom stereocenters. The van der Waals surface area contributed by atoms with Crippen molar-refractivity contribution in [2.45, 2.75) is 0 Å². The molecule has 0 amide bonds. The Balaban J connectivity index is 0.996. The van der Waals surface area contributed by atoms with Gasteiger partial charge in [0.1, 0.15) is 0 Å². The quantitative estimate of drug-likeness (QED) is 0.162. The summed E-state index contributed by atoms with van der Waals surface area (Å²) in [6, 6.07) is 79.5. The van der Waals surface area contributed by atoms with Crippen molar-refractivity contribution in [3.05, 3.63) is 224 Å². The van der Waals surface area contributed by atoms with Crippen LogP contribution in [0.4, 0.5) is 0 Å². The summed E-state index contributed by atoms with van der Waals surface area (Å²) >= 11 is 0. The van der Waals surface area contributed by atoms with Crippen LogP contribution in [-0.4, -0.2) is 24.1 Å². The van der Waals surface area contributed by atoms with E-state index in [1.807, 2.05) is 60.7 Å². The fourth-order valence-electron chi connectivity index (χ4n) is 8.99. The van der Waals surface area contributed by atoms with Gasteiger partial charge in [0.25, 0.3) is 0 Å². The Bertz CT molecular complexity index is 3440. The van der Waals surface area contributed by atoms with Gasteiger partial charge in [0.2, 0.25) is 5.95 Å². The summed E-state index contributed by atoms with van der Waals surface area (Å²) in [6.07, 6.45) is 0. The number of hydrogen-bond acceptors (Lipinski definition) is 3. The highest BCUT2D eigenvalue weighted by molar-refractivity contribution is 6.12. The van der Waals surface area contributed by atoms with Crippen LogP contribution in [0.5, 0.6) is 0 Å². The van der Waals surface area contributed by atoms with E-state index in [9.17, 15) is 0 Å². The van der Waals surface area contributed by atoms with Crippen molar-refractivity contribution in [1.82, 2.24) is 24.1 Å². The number of aromatic nitrogens is 5. The van der Waals surface area contributed by atoms with Crippen molar-refractivity contribution in [2.75, 3.05) is 0 Å². The molecule has 0 saturated carbocycles. The minimum absolute atomic E-state index is 0.577. The fourth-order valence-corrected chi connectivity index (χ4v) is 8.99. The van der Waals surface area contributed by atoms with E-state index in [0.717, 1.165) is 49.7 Å². The van der Waals surface area contributed by atoms with E-state index in [1.54, 1.807) is 0 Å². The molecule has 12 rings (SSSR count). The maximum atomic E-state index is 5.15. The molecule has 62 heavy (non-hydrogen) atoms. The molecular weight excluding hydrogens is 755 g/mol. The van der Waals surface area contributed by atoms with Gasteiger partial charge in [-0.05, 0) is 81.9 Å². The maximum absolute atomic E-state index is 5.15. The number of para-hydroxylation sites is 1. The second kappa shape index (κ2) is 14.7. The van der Waals surface area contributed by atoms with Gasteiger partial charge in [-0.2, -0.15) is 9.97 Å². The molecule has 290 valence electrons. The second-order valence-electron chi connectivity index (χ2n) is 15.7. The Morgan fingerprint density at radius 2 is 0.645 bits per heavy atom. The van der Waals surface area contributed by atoms with E-state index in [4.69, 9.17) is 15.0 Å². The number of rotatable bonds is 7. The van der Waals surface area contributed by atoms with Crippen molar-refractivity contribution >= 4 is 43.6 Å². The van der Waals surface area contributed by atoms with Gasteiger partial charge in [0.15, 0.2) is 11.6 Å². The van der Waals surface area contributed by atoms with Crippen LogP contribution in [0.2, 0.25) is 0 Å². The SMILES string of the molecule is c1ccc(-c2ccc3c(c2)c2cc(-c4ccccc4)ccc2n3-c2ccc(-c3ccc4c5ccccc5n(-c5nc(-c6ccccc6)nc(-c6ccccc6)n5)c4c3)cc2)cc1. The van der Waals surface area contributed by atoms with E-state index in [1.165, 1.54) is 44.1 Å². The molecule has 0 N–H and O–H groups in total. The van der Waals surface area contributed by atoms with Crippen molar-refractivity contribution in [3.8, 4) is 67.8 Å². The predicted octanol–water partition coefficient (Wildman–Crippen LogP) is 14.4. The number of benzene rings is 9. The monoisotopic (exact) mass is 791 g/mol. The van der Waals surface area contributed by atoms with Gasteiger partial charge < -0.3 is 4.57 Å². The molecule has 0 aliphatic carbocycles. The van der Waals surface area contributed by atoms with Crippen LogP contribution in [0.3, 0.4) is 0 Å². The van der Waals surface area contributed by atoms with Crippen LogP contribution in [-0.2, 0) is 0 Å². The molecule has 5 nitrogen and oxygen atoms in total. The van der Waals surface area contributed by atoms with Gasteiger partial charge in [-0.15, -0.1) is 0 Å². The maximum Gasteiger partial charge on any atom is 0.238 e. The molecule has 0 aliphatic heterocycles. The molecule has 9 aromatic carbocycles. The Morgan fingerprint density at radius 3 is 1.19 bits per heavy atom. The first-order valence-electron chi connectivity index (χ1n) is 20.9. The van der Waals surface area contributed by atoms with Crippen LogP contribution >= 0.6 is 0 Å². The Morgan fingerprint density at radius 1 is 0.242 bits per heavy atom. The first-order valence-corrected chi connectivity index (χ1v) is 20.9. The molecule has 0 radical (unpaired) electrons. The van der Waals surface area contributed by atoms with E-state index in [0.29, 0.717) is 17.6 Å². The molecule has 0 saturated heterocycles. The lowest BCUT2D eigenvalue weighted by Gasteiger charge is -2.12. The minimum atomic E-state index is 0.577. The van der Waals surface area contributed by atoms with Gasteiger partial charge in [-0.1, -0.05) is 176 Å². The lowest BCUT2D eigenvalue weighted by atomic mass is 10.0. The average Bonchev–Trinajstić information content (AvgIpc) is 3.87. The van der Waals surface area contributed by atoms with Gasteiger partial charge in [-0.3, -0.25) is 4.57 Å². The van der Waals surface area contributed by atoms with E-state index >= 15 is 0 Å². The summed E-state index contributed by atoms with van der Waals surface area (Å²) in [5, 5.41) is 4.74. The number of fused-ring (bicyclic) bond motifs is 6. The average molecular weight is 792 g/mol. The fraction of sp³-hybridized carbons (Fsp3) is 0. The van der Waals surface area contributed by atoms with Crippen molar-refractivity contribution in [1.29, 1.82) is 0 Å². The molecule has 0 aliphatic rings. The molecule has 5 heteroatoms.